The average Bonchev–Trinajstić information content (AvgIpc) is 2.49. The Morgan fingerprint density at radius 3 is 2.22 bits per heavy atom. The third-order valence-corrected chi connectivity index (χ3v) is 2.94. The largest absolute Gasteiger partial charge is 0.340 e. The van der Waals surface area contributed by atoms with E-state index in [2.05, 4.69) is 52.5 Å². The zero-order valence-corrected chi connectivity index (χ0v) is 10.0. The number of rotatable bonds is 2. The van der Waals surface area contributed by atoms with Gasteiger partial charge in [0.15, 0.2) is 0 Å². The van der Waals surface area contributed by atoms with Crippen LogP contribution >= 0.6 is 0 Å². The van der Waals surface area contributed by atoms with Crippen molar-refractivity contribution in [2.24, 2.45) is 4.99 Å². The maximum Gasteiger partial charge on any atom is 0.0860 e. The summed E-state index contributed by atoms with van der Waals surface area (Å²) in [5.41, 5.74) is 3.34. The average molecular weight is 234 g/mol. The van der Waals surface area contributed by atoms with Crippen LogP contribution in [0.15, 0.2) is 71.9 Å². The van der Waals surface area contributed by atoms with Crippen LogP contribution in [-0.2, 0) is 0 Å². The predicted octanol–water partition coefficient (Wildman–Crippen LogP) is 3.58. The van der Waals surface area contributed by atoms with E-state index in [-0.39, 0.29) is 0 Å². The third kappa shape index (κ3) is 2.18. The van der Waals surface area contributed by atoms with Crippen molar-refractivity contribution < 1.29 is 0 Å². The summed E-state index contributed by atoms with van der Waals surface area (Å²) in [4.78, 5) is 6.67. The number of anilines is 1. The van der Waals surface area contributed by atoms with Gasteiger partial charge in [0.1, 0.15) is 0 Å². The molecule has 0 N–H and O–H groups in total. The molecule has 1 heterocycles. The van der Waals surface area contributed by atoms with Crippen molar-refractivity contribution in [3.05, 3.63) is 72.4 Å². The van der Waals surface area contributed by atoms with Gasteiger partial charge in [-0.2, -0.15) is 0 Å². The molecule has 1 aliphatic rings. The number of para-hydroxylation sites is 1. The highest BCUT2D eigenvalue weighted by Crippen LogP contribution is 2.22. The normalized spacial score (nSPS) is 14.4. The molecule has 0 aliphatic carbocycles. The van der Waals surface area contributed by atoms with Gasteiger partial charge in [-0.05, 0) is 12.1 Å². The highest BCUT2D eigenvalue weighted by molar-refractivity contribution is 5.82. The fourth-order valence-electron chi connectivity index (χ4n) is 2.02. The molecule has 0 saturated carbocycles. The number of nitrogens with zero attached hydrogens (tertiary/aromatic N) is 2. The van der Waals surface area contributed by atoms with Crippen LogP contribution in [-0.4, -0.2) is 12.8 Å². The van der Waals surface area contributed by atoms with Crippen LogP contribution in [0, 0.1) is 0 Å². The van der Waals surface area contributed by atoms with Crippen LogP contribution in [0.2, 0.25) is 0 Å². The Bertz CT molecular complexity index is 571. The second-order valence-corrected chi connectivity index (χ2v) is 4.18. The molecule has 0 atom stereocenters. The van der Waals surface area contributed by atoms with E-state index >= 15 is 0 Å². The molecule has 2 heteroatoms. The van der Waals surface area contributed by atoms with Gasteiger partial charge in [0, 0.05) is 23.7 Å². The van der Waals surface area contributed by atoms with Gasteiger partial charge in [-0.25, -0.2) is 0 Å². The smallest absolute Gasteiger partial charge is 0.0860 e. The Morgan fingerprint density at radius 2 is 1.50 bits per heavy atom. The molecular weight excluding hydrogens is 220 g/mol. The summed E-state index contributed by atoms with van der Waals surface area (Å²) in [6, 6.07) is 20.6. The highest BCUT2D eigenvalue weighted by Gasteiger charge is 2.09. The minimum Gasteiger partial charge on any atom is -0.340 e. The molecule has 0 aromatic heterocycles. The van der Waals surface area contributed by atoms with Crippen LogP contribution in [0.3, 0.4) is 0 Å². The predicted molar refractivity (Wildman–Crippen MR) is 76.7 cm³/mol. The van der Waals surface area contributed by atoms with E-state index in [1.165, 1.54) is 5.69 Å². The Morgan fingerprint density at radius 1 is 0.833 bits per heavy atom. The van der Waals surface area contributed by atoms with Crippen LogP contribution in [0.1, 0.15) is 5.56 Å². The summed E-state index contributed by atoms with van der Waals surface area (Å²) in [5.74, 6) is 0. The third-order valence-electron chi connectivity index (χ3n) is 2.94. The molecule has 0 saturated heterocycles. The van der Waals surface area contributed by atoms with Crippen LogP contribution in [0.5, 0.6) is 0 Å². The van der Waals surface area contributed by atoms with Crippen molar-refractivity contribution in [1.29, 1.82) is 0 Å². The molecular formula is C16H14N2. The Kier molecular flexibility index (Phi) is 2.92. The first kappa shape index (κ1) is 10.8. The molecule has 0 fully saturated rings. The van der Waals surface area contributed by atoms with Crippen molar-refractivity contribution in [2.45, 2.75) is 0 Å². The van der Waals surface area contributed by atoms with Gasteiger partial charge in [-0.1, -0.05) is 48.5 Å². The summed E-state index contributed by atoms with van der Waals surface area (Å²) in [7, 11) is 0. The molecule has 0 bridgehead atoms. The lowest BCUT2D eigenvalue weighted by Crippen LogP contribution is -2.21. The van der Waals surface area contributed by atoms with Crippen molar-refractivity contribution in [1.82, 2.24) is 0 Å². The summed E-state index contributed by atoms with van der Waals surface area (Å²) in [5, 5.41) is 0. The molecule has 2 nitrogen and oxygen atoms in total. The highest BCUT2D eigenvalue weighted by atomic mass is 15.1. The van der Waals surface area contributed by atoms with Gasteiger partial charge in [-0.15, -0.1) is 0 Å². The molecule has 1 aliphatic heterocycles. The Hall–Kier alpha value is -2.35. The van der Waals surface area contributed by atoms with Crippen LogP contribution < -0.4 is 4.90 Å². The number of hydrogen-bond acceptors (Lipinski definition) is 2. The second kappa shape index (κ2) is 4.88. The fraction of sp³-hybridized carbons (Fsp3) is 0.0625. The number of aliphatic imine (C=N–C) groups is 1. The van der Waals surface area contributed by atoms with E-state index in [0.29, 0.717) is 0 Å². The van der Waals surface area contributed by atoms with Gasteiger partial charge in [0.05, 0.1) is 12.2 Å². The molecule has 0 amide bonds. The van der Waals surface area contributed by atoms with E-state index in [9.17, 15) is 0 Å². The van der Waals surface area contributed by atoms with E-state index in [1.807, 2.05) is 30.5 Å². The lowest BCUT2D eigenvalue weighted by molar-refractivity contribution is 1.11. The van der Waals surface area contributed by atoms with Crippen LogP contribution in [0.25, 0.3) is 5.70 Å². The maximum atomic E-state index is 4.47. The zero-order valence-electron chi connectivity index (χ0n) is 10.0. The summed E-state index contributed by atoms with van der Waals surface area (Å²) in [6.45, 7) is 0.820. The Labute approximate surface area is 107 Å². The molecule has 0 unspecified atom stereocenters. The van der Waals surface area contributed by atoms with E-state index < -0.39 is 0 Å². The summed E-state index contributed by atoms with van der Waals surface area (Å²) in [6.07, 6.45) is 4.06. The minimum atomic E-state index is 0.820. The summed E-state index contributed by atoms with van der Waals surface area (Å²) >= 11 is 0. The van der Waals surface area contributed by atoms with Gasteiger partial charge >= 0.3 is 0 Å². The van der Waals surface area contributed by atoms with Gasteiger partial charge < -0.3 is 4.90 Å². The summed E-state index contributed by atoms with van der Waals surface area (Å²) < 4.78 is 0. The van der Waals surface area contributed by atoms with Crippen molar-refractivity contribution >= 4 is 17.6 Å². The molecule has 2 aromatic carbocycles. The topological polar surface area (TPSA) is 15.6 Å². The number of hydrogen-bond donors (Lipinski definition) is 0. The molecule has 18 heavy (non-hydrogen) atoms. The molecule has 0 spiro atoms. The van der Waals surface area contributed by atoms with Gasteiger partial charge in [0.25, 0.3) is 0 Å². The van der Waals surface area contributed by atoms with Crippen LogP contribution in [0.4, 0.5) is 5.69 Å². The standard InChI is InChI=1S/C16H14N2/c1-3-7-14(8-4-1)16-13-18(12-11-17-16)15-9-5-2-6-10-15/h1-11,13H,12H2. The molecule has 0 radical (unpaired) electrons. The lowest BCUT2D eigenvalue weighted by Gasteiger charge is -2.22. The second-order valence-electron chi connectivity index (χ2n) is 4.18. The lowest BCUT2D eigenvalue weighted by atomic mass is 10.1. The monoisotopic (exact) mass is 234 g/mol. The quantitative estimate of drug-likeness (QED) is 0.775. The van der Waals surface area contributed by atoms with Gasteiger partial charge in [-0.3, -0.25) is 4.99 Å². The number of benzene rings is 2. The van der Waals surface area contributed by atoms with Crippen molar-refractivity contribution in [3.8, 4) is 0 Å². The first-order valence-corrected chi connectivity index (χ1v) is 6.05. The molecule has 88 valence electrons. The maximum absolute atomic E-state index is 4.47. The Balaban J connectivity index is 1.93. The minimum absolute atomic E-state index is 0.820. The van der Waals surface area contributed by atoms with Crippen molar-refractivity contribution in [2.75, 3.05) is 11.4 Å². The first-order chi connectivity index (χ1) is 8.93. The molecule has 2 aromatic rings. The first-order valence-electron chi connectivity index (χ1n) is 6.05. The SMILES string of the molecule is C1=NC(c2ccccc2)=CN(c2ccccc2)C1. The fourth-order valence-corrected chi connectivity index (χ4v) is 2.02. The van der Waals surface area contributed by atoms with E-state index in [4.69, 9.17) is 0 Å². The van der Waals surface area contributed by atoms with Gasteiger partial charge in [0.2, 0.25) is 0 Å². The zero-order chi connectivity index (χ0) is 12.2. The molecule has 3 rings (SSSR count). The van der Waals surface area contributed by atoms with E-state index in [0.717, 1.165) is 17.8 Å². The van der Waals surface area contributed by atoms with E-state index in [1.54, 1.807) is 0 Å². The van der Waals surface area contributed by atoms with Crippen molar-refractivity contribution in [3.63, 3.8) is 0 Å².